The fourth-order valence-corrected chi connectivity index (χ4v) is 0.814. The summed E-state index contributed by atoms with van der Waals surface area (Å²) >= 11 is 0. The summed E-state index contributed by atoms with van der Waals surface area (Å²) in [6.45, 7) is 2.62. The molecule has 4 nitrogen and oxygen atoms in total. The first-order chi connectivity index (χ1) is 4.84. The first kappa shape index (κ1) is 5.85. The second-order valence-electron chi connectivity index (χ2n) is 2.39. The average Bonchev–Trinajstić information content (AvgIpc) is 2.59. The summed E-state index contributed by atoms with van der Waals surface area (Å²) in [5.74, 6) is 1.37. The SMILES string of the molecule is Cc1nc(CC2CO2)no1. The van der Waals surface area contributed by atoms with Crippen molar-refractivity contribution in [3.05, 3.63) is 11.7 Å². The van der Waals surface area contributed by atoms with E-state index in [0.29, 0.717) is 12.0 Å². The molecule has 0 amide bonds. The van der Waals surface area contributed by atoms with E-state index in [-0.39, 0.29) is 0 Å². The van der Waals surface area contributed by atoms with Gasteiger partial charge in [-0.2, -0.15) is 4.98 Å². The maximum atomic E-state index is 5.00. The van der Waals surface area contributed by atoms with Crippen LogP contribution in [0.3, 0.4) is 0 Å². The quantitative estimate of drug-likeness (QED) is 0.555. The Bertz CT molecular complexity index is 229. The van der Waals surface area contributed by atoms with Crippen molar-refractivity contribution in [2.75, 3.05) is 6.61 Å². The Balaban J connectivity index is 2.03. The monoisotopic (exact) mass is 140 g/mol. The third kappa shape index (κ3) is 1.16. The lowest BCUT2D eigenvalue weighted by molar-refractivity contribution is 0.376. The van der Waals surface area contributed by atoms with Crippen molar-refractivity contribution in [3.63, 3.8) is 0 Å². The van der Waals surface area contributed by atoms with Gasteiger partial charge in [0.1, 0.15) is 0 Å². The molecule has 0 aromatic carbocycles. The van der Waals surface area contributed by atoms with Crippen molar-refractivity contribution in [1.82, 2.24) is 10.1 Å². The normalized spacial score (nSPS) is 23.1. The number of rotatable bonds is 2. The summed E-state index contributed by atoms with van der Waals surface area (Å²) in [5, 5.41) is 3.73. The van der Waals surface area contributed by atoms with E-state index in [0.717, 1.165) is 18.9 Å². The van der Waals surface area contributed by atoms with E-state index in [1.54, 1.807) is 6.92 Å². The van der Waals surface area contributed by atoms with Gasteiger partial charge >= 0.3 is 0 Å². The zero-order valence-electron chi connectivity index (χ0n) is 5.70. The van der Waals surface area contributed by atoms with Gasteiger partial charge in [-0.05, 0) is 0 Å². The molecule has 1 atom stereocenters. The smallest absolute Gasteiger partial charge is 0.223 e. The highest BCUT2D eigenvalue weighted by molar-refractivity contribution is 4.89. The lowest BCUT2D eigenvalue weighted by Gasteiger charge is -1.81. The maximum absolute atomic E-state index is 5.00. The molecule has 1 aliphatic rings. The highest BCUT2D eigenvalue weighted by Crippen LogP contribution is 2.13. The number of hydrogen-bond donors (Lipinski definition) is 0. The molecule has 4 heteroatoms. The summed E-state index contributed by atoms with van der Waals surface area (Å²) in [4.78, 5) is 4.03. The predicted octanol–water partition coefficient (Wildman–Crippen LogP) is 0.319. The van der Waals surface area contributed by atoms with Crippen LogP contribution >= 0.6 is 0 Å². The molecule has 0 bridgehead atoms. The summed E-state index contributed by atoms with van der Waals surface area (Å²) in [6, 6.07) is 0. The fourth-order valence-electron chi connectivity index (χ4n) is 0.814. The van der Waals surface area contributed by atoms with Crippen LogP contribution in [0.15, 0.2) is 4.52 Å². The van der Waals surface area contributed by atoms with Gasteiger partial charge in [-0.3, -0.25) is 0 Å². The minimum Gasteiger partial charge on any atom is -0.373 e. The van der Waals surface area contributed by atoms with Gasteiger partial charge in [0.15, 0.2) is 5.82 Å². The minimum atomic E-state index is 0.344. The van der Waals surface area contributed by atoms with Crippen LogP contribution in [0.1, 0.15) is 11.7 Å². The van der Waals surface area contributed by atoms with Crippen LogP contribution in [0.2, 0.25) is 0 Å². The number of aromatic nitrogens is 2. The Kier molecular flexibility index (Phi) is 1.20. The van der Waals surface area contributed by atoms with Crippen molar-refractivity contribution < 1.29 is 9.26 Å². The first-order valence-electron chi connectivity index (χ1n) is 3.25. The number of hydrogen-bond acceptors (Lipinski definition) is 4. The Morgan fingerprint density at radius 1 is 1.70 bits per heavy atom. The molecular formula is C6H8N2O2. The molecule has 0 saturated carbocycles. The van der Waals surface area contributed by atoms with Crippen molar-refractivity contribution >= 4 is 0 Å². The van der Waals surface area contributed by atoms with E-state index in [1.165, 1.54) is 0 Å². The second-order valence-corrected chi connectivity index (χ2v) is 2.39. The first-order valence-corrected chi connectivity index (χ1v) is 3.25. The summed E-state index contributed by atoms with van der Waals surface area (Å²) in [7, 11) is 0. The van der Waals surface area contributed by atoms with Crippen LogP contribution in [0.5, 0.6) is 0 Å². The van der Waals surface area contributed by atoms with Crippen molar-refractivity contribution in [2.24, 2.45) is 0 Å². The van der Waals surface area contributed by atoms with Gasteiger partial charge < -0.3 is 9.26 Å². The lowest BCUT2D eigenvalue weighted by atomic mass is 10.3. The molecule has 10 heavy (non-hydrogen) atoms. The summed E-state index contributed by atoms with van der Waals surface area (Å²) in [5.41, 5.74) is 0. The summed E-state index contributed by atoms with van der Waals surface area (Å²) < 4.78 is 9.78. The molecule has 0 spiro atoms. The van der Waals surface area contributed by atoms with Gasteiger partial charge in [0.25, 0.3) is 0 Å². The number of epoxide rings is 1. The molecule has 0 radical (unpaired) electrons. The van der Waals surface area contributed by atoms with Crippen LogP contribution < -0.4 is 0 Å². The van der Waals surface area contributed by atoms with Gasteiger partial charge in [-0.25, -0.2) is 0 Å². The van der Waals surface area contributed by atoms with Gasteiger partial charge in [-0.1, -0.05) is 5.16 Å². The average molecular weight is 140 g/mol. The standard InChI is InChI=1S/C6H8N2O2/c1-4-7-6(8-10-4)2-5-3-9-5/h5H,2-3H2,1H3. The molecule has 0 N–H and O–H groups in total. The molecule has 2 heterocycles. The molecule has 1 aromatic rings. The van der Waals surface area contributed by atoms with Crippen LogP contribution in [0.25, 0.3) is 0 Å². The molecular weight excluding hydrogens is 132 g/mol. The molecule has 1 aromatic heterocycles. The van der Waals surface area contributed by atoms with Crippen molar-refractivity contribution in [2.45, 2.75) is 19.4 Å². The molecule has 1 saturated heterocycles. The van der Waals surface area contributed by atoms with Crippen molar-refractivity contribution in [1.29, 1.82) is 0 Å². The van der Waals surface area contributed by atoms with Crippen LogP contribution in [0, 0.1) is 6.92 Å². The largest absolute Gasteiger partial charge is 0.373 e. The molecule has 2 rings (SSSR count). The predicted molar refractivity (Wildman–Crippen MR) is 32.5 cm³/mol. The Morgan fingerprint density at radius 3 is 3.00 bits per heavy atom. The Morgan fingerprint density at radius 2 is 2.50 bits per heavy atom. The van der Waals surface area contributed by atoms with Gasteiger partial charge in [0.2, 0.25) is 5.89 Å². The van der Waals surface area contributed by atoms with Crippen LogP contribution in [-0.4, -0.2) is 22.9 Å². The summed E-state index contributed by atoms with van der Waals surface area (Å²) in [6.07, 6.45) is 1.13. The van der Waals surface area contributed by atoms with Crippen LogP contribution in [0.4, 0.5) is 0 Å². The minimum absolute atomic E-state index is 0.344. The zero-order valence-corrected chi connectivity index (χ0v) is 5.70. The third-order valence-corrected chi connectivity index (χ3v) is 1.38. The number of aryl methyl sites for hydroxylation is 1. The van der Waals surface area contributed by atoms with E-state index >= 15 is 0 Å². The number of nitrogens with zero attached hydrogens (tertiary/aromatic N) is 2. The molecule has 0 aliphatic carbocycles. The van der Waals surface area contributed by atoms with Crippen LogP contribution in [-0.2, 0) is 11.2 Å². The molecule has 54 valence electrons. The second kappa shape index (κ2) is 2.05. The zero-order chi connectivity index (χ0) is 6.97. The molecule has 1 fully saturated rings. The van der Waals surface area contributed by atoms with Crippen molar-refractivity contribution in [3.8, 4) is 0 Å². The van der Waals surface area contributed by atoms with E-state index in [1.807, 2.05) is 0 Å². The van der Waals surface area contributed by atoms with E-state index < -0.39 is 0 Å². The van der Waals surface area contributed by atoms with Gasteiger partial charge in [0, 0.05) is 13.3 Å². The molecule has 1 aliphatic heterocycles. The lowest BCUT2D eigenvalue weighted by Crippen LogP contribution is -1.94. The van der Waals surface area contributed by atoms with E-state index in [4.69, 9.17) is 9.26 Å². The fraction of sp³-hybridized carbons (Fsp3) is 0.667. The highest BCUT2D eigenvalue weighted by Gasteiger charge is 2.24. The third-order valence-electron chi connectivity index (χ3n) is 1.38. The van der Waals surface area contributed by atoms with E-state index in [2.05, 4.69) is 10.1 Å². The topological polar surface area (TPSA) is 51.5 Å². The Labute approximate surface area is 58.2 Å². The van der Waals surface area contributed by atoms with E-state index in [9.17, 15) is 0 Å². The Hall–Kier alpha value is -0.900. The van der Waals surface area contributed by atoms with Gasteiger partial charge in [0.05, 0.1) is 12.7 Å². The van der Waals surface area contributed by atoms with Gasteiger partial charge in [-0.15, -0.1) is 0 Å². The molecule has 1 unspecified atom stereocenters. The highest BCUT2D eigenvalue weighted by atomic mass is 16.6. The number of ether oxygens (including phenoxy) is 1. The maximum Gasteiger partial charge on any atom is 0.223 e.